The van der Waals surface area contributed by atoms with Crippen LogP contribution in [-0.2, 0) is 14.4 Å². The summed E-state index contributed by atoms with van der Waals surface area (Å²) in [5, 5.41) is 16.9. The number of Topliss-reactive ketones (excluding diaryl/α,β-unsaturated/α-hetero) is 1. The number of carbonyl (C=O) groups excluding carboxylic acids is 1. The zero-order valence-electron chi connectivity index (χ0n) is 17.1. The molecule has 2 aliphatic rings. The Kier molecular flexibility index (Phi) is 8.50. The van der Waals surface area contributed by atoms with Crippen LogP contribution in [0.25, 0.3) is 6.08 Å². The van der Waals surface area contributed by atoms with Crippen molar-refractivity contribution in [1.82, 2.24) is 0 Å². The monoisotopic (exact) mass is 417 g/mol. The van der Waals surface area contributed by atoms with Crippen LogP contribution in [0.5, 0.6) is 0 Å². The quantitative estimate of drug-likeness (QED) is 0.325. The number of nitrogens with zero attached hydrogens (tertiary/aromatic N) is 1. The number of ether oxygens (including phenoxy) is 1. The second kappa shape index (κ2) is 11.3. The summed E-state index contributed by atoms with van der Waals surface area (Å²) >= 11 is 1.69. The number of thiophene rings is 1. The minimum Gasteiger partial charge on any atom is -0.511 e. The Balaban J connectivity index is 1.59. The summed E-state index contributed by atoms with van der Waals surface area (Å²) in [5.41, 5.74) is 0.979. The molecular weight excluding hydrogens is 386 g/mol. The SMILES string of the molecule is CCC/C(=N\OCC/C=C/c1cccs1)C1=C(O)CC(C2CCOCC2)CC1=O. The van der Waals surface area contributed by atoms with E-state index in [1.54, 1.807) is 11.3 Å². The topological polar surface area (TPSA) is 68.1 Å². The van der Waals surface area contributed by atoms with E-state index in [-0.39, 0.29) is 17.5 Å². The molecule has 0 radical (unpaired) electrons. The van der Waals surface area contributed by atoms with Crippen LogP contribution >= 0.6 is 11.3 Å². The van der Waals surface area contributed by atoms with Gasteiger partial charge in [-0.2, -0.15) is 0 Å². The largest absolute Gasteiger partial charge is 0.511 e. The predicted molar refractivity (Wildman–Crippen MR) is 117 cm³/mol. The zero-order chi connectivity index (χ0) is 20.5. The van der Waals surface area contributed by atoms with Crippen molar-refractivity contribution >= 4 is 28.9 Å². The second-order valence-electron chi connectivity index (χ2n) is 7.69. The van der Waals surface area contributed by atoms with Gasteiger partial charge < -0.3 is 14.7 Å². The molecule has 0 aromatic carbocycles. The summed E-state index contributed by atoms with van der Waals surface area (Å²) in [6.45, 7) is 3.99. The van der Waals surface area contributed by atoms with Crippen LogP contribution in [0.3, 0.4) is 0 Å². The van der Waals surface area contributed by atoms with Gasteiger partial charge in [0, 0.05) is 37.4 Å². The first-order chi connectivity index (χ1) is 14.2. The molecule has 0 spiro atoms. The molecule has 6 heteroatoms. The molecule has 1 aromatic rings. The molecule has 158 valence electrons. The molecule has 1 unspecified atom stereocenters. The molecule has 29 heavy (non-hydrogen) atoms. The van der Waals surface area contributed by atoms with Crippen molar-refractivity contribution in [2.75, 3.05) is 19.8 Å². The smallest absolute Gasteiger partial charge is 0.168 e. The number of aliphatic hydroxyl groups is 1. The Morgan fingerprint density at radius 1 is 1.34 bits per heavy atom. The van der Waals surface area contributed by atoms with Gasteiger partial charge in [-0.3, -0.25) is 4.79 Å². The van der Waals surface area contributed by atoms with Crippen LogP contribution in [0.15, 0.2) is 40.1 Å². The van der Waals surface area contributed by atoms with Crippen LogP contribution in [0.4, 0.5) is 0 Å². The van der Waals surface area contributed by atoms with Crippen molar-refractivity contribution in [2.45, 2.75) is 51.9 Å². The first kappa shape index (κ1) is 21.8. The van der Waals surface area contributed by atoms with Gasteiger partial charge in [0.1, 0.15) is 12.4 Å². The van der Waals surface area contributed by atoms with Gasteiger partial charge in [-0.1, -0.05) is 30.6 Å². The Morgan fingerprint density at radius 3 is 2.86 bits per heavy atom. The molecule has 0 saturated carbocycles. The van der Waals surface area contributed by atoms with Gasteiger partial charge in [-0.25, -0.2) is 0 Å². The molecule has 1 fully saturated rings. The average Bonchev–Trinajstić information content (AvgIpc) is 3.24. The highest BCUT2D eigenvalue weighted by atomic mass is 32.1. The number of hydrogen-bond donors (Lipinski definition) is 1. The lowest BCUT2D eigenvalue weighted by atomic mass is 9.75. The number of allylic oxidation sites excluding steroid dienone is 2. The molecule has 0 bridgehead atoms. The van der Waals surface area contributed by atoms with Gasteiger partial charge in [0.15, 0.2) is 5.78 Å². The minimum absolute atomic E-state index is 0.00127. The highest BCUT2D eigenvalue weighted by molar-refractivity contribution is 7.10. The fourth-order valence-corrected chi connectivity index (χ4v) is 4.70. The summed E-state index contributed by atoms with van der Waals surface area (Å²) in [6.07, 6.45) is 9.31. The van der Waals surface area contributed by atoms with E-state index in [9.17, 15) is 9.90 Å². The maximum Gasteiger partial charge on any atom is 0.168 e. The second-order valence-corrected chi connectivity index (χ2v) is 8.67. The lowest BCUT2D eigenvalue weighted by Gasteiger charge is -2.33. The van der Waals surface area contributed by atoms with Crippen LogP contribution in [0.2, 0.25) is 0 Å². The summed E-state index contributed by atoms with van der Waals surface area (Å²) in [5.74, 6) is 0.848. The highest BCUT2D eigenvalue weighted by Gasteiger charge is 2.35. The Bertz CT molecular complexity index is 745. The summed E-state index contributed by atoms with van der Waals surface area (Å²) in [4.78, 5) is 19.5. The Hall–Kier alpha value is -1.92. The van der Waals surface area contributed by atoms with E-state index in [2.05, 4.69) is 23.4 Å². The normalized spacial score (nSPS) is 21.9. The van der Waals surface area contributed by atoms with Crippen molar-refractivity contribution < 1.29 is 19.5 Å². The van der Waals surface area contributed by atoms with Crippen molar-refractivity contribution in [3.8, 4) is 0 Å². The molecule has 0 amide bonds. The average molecular weight is 418 g/mol. The third-order valence-corrected chi connectivity index (χ3v) is 6.39. The molecule has 1 aliphatic carbocycles. The molecular formula is C23H31NO4S. The van der Waals surface area contributed by atoms with Gasteiger partial charge in [0.05, 0.1) is 11.3 Å². The lowest BCUT2D eigenvalue weighted by molar-refractivity contribution is -0.117. The Morgan fingerprint density at radius 2 is 2.17 bits per heavy atom. The molecule has 1 aromatic heterocycles. The van der Waals surface area contributed by atoms with Crippen LogP contribution in [0, 0.1) is 11.8 Å². The molecule has 2 heterocycles. The van der Waals surface area contributed by atoms with E-state index in [1.165, 1.54) is 4.88 Å². The molecule has 1 atom stereocenters. The first-order valence-electron chi connectivity index (χ1n) is 10.6. The van der Waals surface area contributed by atoms with E-state index in [0.717, 1.165) is 38.9 Å². The van der Waals surface area contributed by atoms with E-state index in [4.69, 9.17) is 9.57 Å². The van der Waals surface area contributed by atoms with E-state index in [0.29, 0.717) is 43.1 Å². The first-order valence-corrected chi connectivity index (χ1v) is 11.5. The maximum absolute atomic E-state index is 12.8. The van der Waals surface area contributed by atoms with Crippen molar-refractivity contribution in [3.63, 3.8) is 0 Å². The summed E-state index contributed by atoms with van der Waals surface area (Å²) < 4.78 is 5.43. The maximum atomic E-state index is 12.8. The number of hydrogen-bond acceptors (Lipinski definition) is 6. The van der Waals surface area contributed by atoms with Gasteiger partial charge >= 0.3 is 0 Å². The van der Waals surface area contributed by atoms with Gasteiger partial charge in [0.2, 0.25) is 0 Å². The van der Waals surface area contributed by atoms with Crippen molar-refractivity contribution in [2.24, 2.45) is 17.0 Å². The third kappa shape index (κ3) is 6.28. The van der Waals surface area contributed by atoms with Crippen LogP contribution < -0.4 is 0 Å². The number of rotatable bonds is 9. The summed E-state index contributed by atoms with van der Waals surface area (Å²) in [7, 11) is 0. The fraction of sp³-hybridized carbons (Fsp3) is 0.565. The zero-order valence-corrected chi connectivity index (χ0v) is 18.0. The van der Waals surface area contributed by atoms with Crippen molar-refractivity contribution in [1.29, 1.82) is 0 Å². The van der Waals surface area contributed by atoms with Crippen molar-refractivity contribution in [3.05, 3.63) is 39.8 Å². The third-order valence-electron chi connectivity index (χ3n) is 5.55. The predicted octanol–water partition coefficient (Wildman–Crippen LogP) is 5.54. The molecule has 3 rings (SSSR count). The number of aliphatic hydroxyl groups excluding tert-OH is 1. The standard InChI is InChI=1S/C23H31NO4S/c1-2-6-20(24-28-11-4-3-7-19-8-5-14-29-19)23-21(25)15-18(16-22(23)26)17-9-12-27-13-10-17/h3,5,7-8,14,17-18,25H,2,4,6,9-13,15-16H2,1H3/b7-3+,24-20+. The van der Waals surface area contributed by atoms with Gasteiger partial charge in [-0.05, 0) is 48.6 Å². The van der Waals surface area contributed by atoms with E-state index < -0.39 is 0 Å². The highest BCUT2D eigenvalue weighted by Crippen LogP contribution is 2.36. The minimum atomic E-state index is -0.00127. The summed E-state index contributed by atoms with van der Waals surface area (Å²) in [6, 6.07) is 4.09. The number of carbonyl (C=O) groups is 1. The van der Waals surface area contributed by atoms with Gasteiger partial charge in [0.25, 0.3) is 0 Å². The lowest BCUT2D eigenvalue weighted by Crippen LogP contribution is -2.31. The molecule has 1 N–H and O–H groups in total. The molecule has 5 nitrogen and oxygen atoms in total. The van der Waals surface area contributed by atoms with E-state index >= 15 is 0 Å². The van der Waals surface area contributed by atoms with E-state index in [1.807, 2.05) is 18.4 Å². The number of ketones is 1. The van der Waals surface area contributed by atoms with Crippen LogP contribution in [0.1, 0.15) is 56.7 Å². The Labute approximate surface area is 177 Å². The number of oxime groups is 1. The van der Waals surface area contributed by atoms with Crippen LogP contribution in [-0.4, -0.2) is 36.4 Å². The molecule has 1 aliphatic heterocycles. The van der Waals surface area contributed by atoms with Gasteiger partial charge in [-0.15, -0.1) is 11.3 Å². The molecule has 1 saturated heterocycles. The fourth-order valence-electron chi connectivity index (χ4n) is 4.05.